The van der Waals surface area contributed by atoms with Crippen LogP contribution < -0.4 is 0 Å². The zero-order valence-electron chi connectivity index (χ0n) is 23.7. The third-order valence-corrected chi connectivity index (χ3v) is 12.5. The maximum absolute atomic E-state index is 14.8. The molecule has 0 aromatic rings. The summed E-state index contributed by atoms with van der Waals surface area (Å²) in [5.41, 5.74) is -9.73. The number of Topliss-reactive ketones (excluding diaryl/α,β-unsaturated/α-hetero) is 2. The Kier molecular flexibility index (Phi) is 4.58. The summed E-state index contributed by atoms with van der Waals surface area (Å²) in [6, 6.07) is 0. The molecule has 2 bridgehead atoms. The van der Waals surface area contributed by atoms with Gasteiger partial charge in [-0.15, -0.1) is 0 Å². The lowest BCUT2D eigenvalue weighted by Gasteiger charge is -2.54. The highest BCUT2D eigenvalue weighted by Gasteiger charge is 2.90. The van der Waals surface area contributed by atoms with Gasteiger partial charge in [-0.25, -0.2) is 0 Å². The largest absolute Gasteiger partial charge is 0.456 e. The lowest BCUT2D eigenvalue weighted by atomic mass is 9.59. The second-order valence-electron chi connectivity index (χ2n) is 14.9. The average Bonchev–Trinajstić information content (AvgIpc) is 3.44. The van der Waals surface area contributed by atoms with Crippen molar-refractivity contribution >= 4 is 23.5 Å². The van der Waals surface area contributed by atoms with Crippen molar-refractivity contribution in [1.82, 2.24) is 0 Å². The average molecular weight is 577 g/mol. The van der Waals surface area contributed by atoms with Crippen LogP contribution in [-0.2, 0) is 42.9 Å². The highest BCUT2D eigenvalue weighted by atomic mass is 16.7. The van der Waals surface area contributed by atoms with Gasteiger partial charge in [-0.05, 0) is 47.0 Å². The molecule has 3 spiro atoms. The van der Waals surface area contributed by atoms with Crippen molar-refractivity contribution in [2.45, 2.75) is 125 Å². The Morgan fingerprint density at radius 2 is 1.68 bits per heavy atom. The van der Waals surface area contributed by atoms with Crippen LogP contribution in [0.25, 0.3) is 0 Å². The number of aliphatic hydroxyl groups excluding tert-OH is 1. The molecule has 8 aliphatic rings. The molecule has 2 saturated carbocycles. The van der Waals surface area contributed by atoms with Gasteiger partial charge in [0.15, 0.2) is 17.5 Å². The molecular weight excluding hydrogens is 540 g/mol. The molecule has 6 heterocycles. The molecule has 3 N–H and O–H groups in total. The molecule has 6 saturated heterocycles. The number of rotatable bonds is 0. The predicted octanol–water partition coefficient (Wildman–Crippen LogP) is -0.288. The SMILES string of the molecule is C[C@H]1C(=O)O[C@@H]2[C@H]1O[C@@]13O[C@]4(CC[C@@]5(C)C(=O)[C@@](C)(O)[C@]2(O)[C@@H]15)C[C@@]12OC(=O)C[C@@H]1OC(C)(C)[C@H]2C[C@@H](O)[C@@H]4C3=O. The summed E-state index contributed by atoms with van der Waals surface area (Å²) in [6.07, 6.45) is -4.22. The van der Waals surface area contributed by atoms with E-state index in [0.29, 0.717) is 0 Å². The molecule has 14 atom stereocenters. The van der Waals surface area contributed by atoms with Gasteiger partial charge in [0.25, 0.3) is 0 Å². The van der Waals surface area contributed by atoms with Crippen LogP contribution in [0.3, 0.4) is 0 Å². The van der Waals surface area contributed by atoms with Gasteiger partial charge < -0.3 is 39.0 Å². The summed E-state index contributed by atoms with van der Waals surface area (Å²) in [5, 5.41) is 36.0. The van der Waals surface area contributed by atoms with Gasteiger partial charge in [0, 0.05) is 17.8 Å². The lowest BCUT2D eigenvalue weighted by molar-refractivity contribution is -0.370. The summed E-state index contributed by atoms with van der Waals surface area (Å²) in [7, 11) is 0. The minimum Gasteiger partial charge on any atom is -0.456 e. The Balaban J connectivity index is 1.35. The molecule has 6 aliphatic heterocycles. The van der Waals surface area contributed by atoms with E-state index in [1.807, 2.05) is 13.8 Å². The number of hydrogen-bond donors (Lipinski definition) is 3. The van der Waals surface area contributed by atoms with E-state index in [1.165, 1.54) is 13.8 Å². The van der Waals surface area contributed by atoms with E-state index in [4.69, 9.17) is 23.7 Å². The van der Waals surface area contributed by atoms with Crippen LogP contribution >= 0.6 is 0 Å². The van der Waals surface area contributed by atoms with Crippen molar-refractivity contribution in [2.75, 3.05) is 0 Å². The van der Waals surface area contributed by atoms with Crippen molar-refractivity contribution < 1.29 is 58.2 Å². The standard InChI is InChI=1S/C29H36O12/c1-11-17-19(37-20(11)33)28(36)21-24(4,22(34)25(28,5)35)6-7-26-10-27-13(23(2,3)38-14(27)9-15(31)39-27)8-12(30)16(26)18(32)29(21,40-17)41-26/h11-14,16-17,19,21,30,35-36H,6-10H2,1-5H3/t11-,12-,13-,14+,16-,17+,19-,21+,24-,25-,26-,27+,28-,29+/m1/s1. The maximum atomic E-state index is 14.8. The van der Waals surface area contributed by atoms with E-state index in [2.05, 4.69) is 0 Å². The molecule has 8 rings (SSSR count). The molecule has 0 unspecified atom stereocenters. The van der Waals surface area contributed by atoms with Crippen LogP contribution in [0.2, 0.25) is 0 Å². The molecule has 8 fully saturated rings. The van der Waals surface area contributed by atoms with Crippen LogP contribution in [0.4, 0.5) is 0 Å². The molecular formula is C29H36O12. The van der Waals surface area contributed by atoms with Gasteiger partial charge in [-0.1, -0.05) is 6.92 Å². The lowest BCUT2D eigenvalue weighted by Crippen LogP contribution is -2.75. The fourth-order valence-electron chi connectivity index (χ4n) is 10.8. The first-order valence-corrected chi connectivity index (χ1v) is 14.6. The molecule has 12 nitrogen and oxygen atoms in total. The Labute approximate surface area is 236 Å². The smallest absolute Gasteiger partial charge is 0.311 e. The highest BCUT2D eigenvalue weighted by Crippen LogP contribution is 2.72. The van der Waals surface area contributed by atoms with Crippen molar-refractivity contribution in [2.24, 2.45) is 29.1 Å². The molecule has 41 heavy (non-hydrogen) atoms. The van der Waals surface area contributed by atoms with Crippen molar-refractivity contribution in [3.8, 4) is 0 Å². The van der Waals surface area contributed by atoms with Crippen molar-refractivity contribution in [3.05, 3.63) is 0 Å². The summed E-state index contributed by atoms with van der Waals surface area (Å²) in [6.45, 7) is 8.05. The topological polar surface area (TPSA) is 175 Å². The second-order valence-corrected chi connectivity index (χ2v) is 14.9. The van der Waals surface area contributed by atoms with E-state index in [-0.39, 0.29) is 32.1 Å². The Morgan fingerprint density at radius 3 is 2.39 bits per heavy atom. The van der Waals surface area contributed by atoms with Crippen LogP contribution in [0.5, 0.6) is 0 Å². The number of carbonyl (C=O) groups is 4. The van der Waals surface area contributed by atoms with Crippen molar-refractivity contribution in [3.63, 3.8) is 0 Å². The van der Waals surface area contributed by atoms with Crippen LogP contribution in [-0.4, -0.2) is 97.0 Å². The zero-order chi connectivity index (χ0) is 29.5. The van der Waals surface area contributed by atoms with Gasteiger partial charge in [-0.2, -0.15) is 0 Å². The molecule has 224 valence electrons. The second kappa shape index (κ2) is 7.05. The quantitative estimate of drug-likeness (QED) is 0.322. The number of esters is 2. The fraction of sp³-hybridized carbons (Fsp3) is 0.862. The predicted molar refractivity (Wildman–Crippen MR) is 131 cm³/mol. The molecule has 12 heteroatoms. The van der Waals surface area contributed by atoms with Gasteiger partial charge in [0.2, 0.25) is 11.6 Å². The van der Waals surface area contributed by atoms with E-state index in [1.54, 1.807) is 6.92 Å². The third-order valence-electron chi connectivity index (χ3n) is 12.5. The molecule has 0 amide bonds. The fourth-order valence-corrected chi connectivity index (χ4v) is 10.8. The Bertz CT molecular complexity index is 1340. The van der Waals surface area contributed by atoms with E-state index in [9.17, 15) is 34.5 Å². The Hall–Kier alpha value is -1.96. The molecule has 0 aromatic carbocycles. The Morgan fingerprint density at radius 1 is 0.976 bits per heavy atom. The van der Waals surface area contributed by atoms with E-state index < -0.39 is 111 Å². The van der Waals surface area contributed by atoms with E-state index in [0.717, 1.165) is 0 Å². The minimum absolute atomic E-state index is 0.0218. The number of aliphatic hydroxyl groups is 3. The maximum Gasteiger partial charge on any atom is 0.311 e. The van der Waals surface area contributed by atoms with E-state index >= 15 is 0 Å². The highest BCUT2D eigenvalue weighted by molar-refractivity contribution is 6.01. The summed E-state index contributed by atoms with van der Waals surface area (Å²) >= 11 is 0. The van der Waals surface area contributed by atoms with Crippen LogP contribution in [0, 0.1) is 29.1 Å². The monoisotopic (exact) mass is 576 g/mol. The van der Waals surface area contributed by atoms with Crippen molar-refractivity contribution in [1.29, 1.82) is 0 Å². The number of hydrogen-bond acceptors (Lipinski definition) is 12. The van der Waals surface area contributed by atoms with Crippen LogP contribution in [0.15, 0.2) is 0 Å². The number of ketones is 2. The summed E-state index contributed by atoms with van der Waals surface area (Å²) in [5.74, 6) is -8.72. The van der Waals surface area contributed by atoms with Gasteiger partial charge in [-0.3, -0.25) is 19.2 Å². The van der Waals surface area contributed by atoms with Crippen LogP contribution in [0.1, 0.15) is 66.7 Å². The first-order valence-electron chi connectivity index (χ1n) is 14.6. The number of fused-ring (bicyclic) bond motifs is 2. The normalized spacial score (nSPS) is 61.3. The molecule has 2 aliphatic carbocycles. The summed E-state index contributed by atoms with van der Waals surface area (Å²) < 4.78 is 31.3. The zero-order valence-corrected chi connectivity index (χ0v) is 23.7. The van der Waals surface area contributed by atoms with Gasteiger partial charge in [0.05, 0.1) is 41.5 Å². The number of ether oxygens (including phenoxy) is 5. The first-order chi connectivity index (χ1) is 18.9. The molecule has 0 radical (unpaired) electrons. The minimum atomic E-state index is -2.42. The summed E-state index contributed by atoms with van der Waals surface area (Å²) in [4.78, 5) is 54.4. The number of carbonyl (C=O) groups excluding carboxylic acids is 4. The first kappa shape index (κ1) is 26.7. The third kappa shape index (κ3) is 2.56. The molecule has 0 aromatic heterocycles. The van der Waals surface area contributed by atoms with Gasteiger partial charge >= 0.3 is 11.9 Å². The van der Waals surface area contributed by atoms with Gasteiger partial charge in [0.1, 0.15) is 23.4 Å².